The van der Waals surface area contributed by atoms with Crippen LogP contribution in [0.15, 0.2) is 71.7 Å². The summed E-state index contributed by atoms with van der Waals surface area (Å²) in [5.41, 5.74) is 1.82. The molecule has 1 saturated heterocycles. The zero-order valence-corrected chi connectivity index (χ0v) is 17.8. The molecule has 3 aromatic carbocycles. The second-order valence-corrected chi connectivity index (χ2v) is 7.81. The molecule has 0 aliphatic carbocycles. The van der Waals surface area contributed by atoms with Crippen LogP contribution < -0.4 is 0 Å². The van der Waals surface area contributed by atoms with Crippen LogP contribution in [-0.2, 0) is 4.79 Å². The lowest BCUT2D eigenvalue weighted by Crippen LogP contribution is -2.44. The van der Waals surface area contributed by atoms with Crippen LogP contribution in [0.3, 0.4) is 0 Å². The Morgan fingerprint density at radius 1 is 1.00 bits per heavy atom. The molecule has 5 heteroatoms. The Labute approximate surface area is 183 Å². The minimum absolute atomic E-state index is 0.0206. The molecule has 1 atom stereocenters. The summed E-state index contributed by atoms with van der Waals surface area (Å²) in [6, 6.07) is 20.5. The van der Waals surface area contributed by atoms with Crippen molar-refractivity contribution in [2.24, 2.45) is 4.99 Å². The third-order valence-corrected chi connectivity index (χ3v) is 5.94. The van der Waals surface area contributed by atoms with Gasteiger partial charge in [-0.2, -0.15) is 0 Å². The molecule has 0 aromatic heterocycles. The fraction of sp³-hybridized carbons (Fsp3) is 0.269. The number of likely N-dealkylation sites (tertiary alicyclic amines) is 1. The first-order valence-electron chi connectivity index (χ1n) is 10.8. The van der Waals surface area contributed by atoms with E-state index in [0.717, 1.165) is 42.3 Å². The van der Waals surface area contributed by atoms with Crippen LogP contribution in [-0.4, -0.2) is 48.0 Å². The van der Waals surface area contributed by atoms with E-state index in [9.17, 15) is 9.59 Å². The highest BCUT2D eigenvalue weighted by atomic mass is 16.2. The number of aliphatic imine (C=N–C) groups is 1. The van der Waals surface area contributed by atoms with Crippen LogP contribution in [0.25, 0.3) is 10.8 Å². The summed E-state index contributed by atoms with van der Waals surface area (Å²) >= 11 is 0. The third-order valence-electron chi connectivity index (χ3n) is 5.94. The number of nitrogens with zero attached hydrogens (tertiary/aromatic N) is 3. The number of hydrogen-bond donors (Lipinski definition) is 0. The third kappa shape index (κ3) is 4.08. The maximum absolute atomic E-state index is 13.8. The van der Waals surface area contributed by atoms with E-state index in [1.54, 1.807) is 4.90 Å². The van der Waals surface area contributed by atoms with Crippen molar-refractivity contribution in [1.82, 2.24) is 9.80 Å². The zero-order chi connectivity index (χ0) is 21.8. The quantitative estimate of drug-likeness (QED) is 0.534. The van der Waals surface area contributed by atoms with E-state index in [-0.39, 0.29) is 11.8 Å². The monoisotopic (exact) mass is 413 g/mol. The molecule has 3 aromatic rings. The highest BCUT2D eigenvalue weighted by Gasteiger charge is 2.35. The minimum atomic E-state index is -0.666. The number of benzene rings is 3. The maximum Gasteiger partial charge on any atom is 0.257 e. The van der Waals surface area contributed by atoms with Gasteiger partial charge in [-0.05, 0) is 55.0 Å². The van der Waals surface area contributed by atoms with Gasteiger partial charge in [0.2, 0.25) is 5.91 Å². The number of carbonyl (C=O) groups excluding carboxylic acids is 2. The summed E-state index contributed by atoms with van der Waals surface area (Å²) in [6.07, 6.45) is 2.01. The Bertz CT molecular complexity index is 1100. The fourth-order valence-electron chi connectivity index (χ4n) is 4.33. The molecule has 5 nitrogen and oxygen atoms in total. The summed E-state index contributed by atoms with van der Waals surface area (Å²) in [4.78, 5) is 35.0. The van der Waals surface area contributed by atoms with Crippen LogP contribution in [0.2, 0.25) is 0 Å². The second-order valence-electron chi connectivity index (χ2n) is 7.81. The van der Waals surface area contributed by atoms with Crippen molar-refractivity contribution in [3.05, 3.63) is 77.9 Å². The number of rotatable bonds is 6. The van der Waals surface area contributed by atoms with Gasteiger partial charge in [-0.1, -0.05) is 54.6 Å². The van der Waals surface area contributed by atoms with E-state index in [1.807, 2.05) is 78.6 Å². The lowest BCUT2D eigenvalue weighted by atomic mass is 10.00. The normalized spacial score (nSPS) is 14.4. The van der Waals surface area contributed by atoms with Crippen molar-refractivity contribution in [2.45, 2.75) is 25.8 Å². The van der Waals surface area contributed by atoms with Gasteiger partial charge in [-0.25, -0.2) is 0 Å². The molecule has 0 N–H and O–H groups in total. The Balaban J connectivity index is 1.78. The molecule has 31 heavy (non-hydrogen) atoms. The number of amides is 2. The molecule has 2 amide bonds. The molecule has 0 bridgehead atoms. The molecule has 4 rings (SSSR count). The van der Waals surface area contributed by atoms with Gasteiger partial charge in [0, 0.05) is 19.6 Å². The first kappa shape index (κ1) is 20.8. The van der Waals surface area contributed by atoms with Crippen LogP contribution in [0.1, 0.15) is 41.7 Å². The number of hydrogen-bond acceptors (Lipinski definition) is 3. The molecule has 1 aliphatic rings. The average Bonchev–Trinajstić information content (AvgIpc) is 3.36. The summed E-state index contributed by atoms with van der Waals surface area (Å²) in [6.45, 7) is 7.46. The smallest absolute Gasteiger partial charge is 0.257 e. The van der Waals surface area contributed by atoms with Crippen molar-refractivity contribution in [3.63, 3.8) is 0 Å². The molecule has 0 spiro atoms. The van der Waals surface area contributed by atoms with Crippen molar-refractivity contribution < 1.29 is 9.59 Å². The highest BCUT2D eigenvalue weighted by molar-refractivity contribution is 6.05. The van der Waals surface area contributed by atoms with Gasteiger partial charge in [0.1, 0.15) is 6.04 Å². The molecular weight excluding hydrogens is 386 g/mol. The molecule has 158 valence electrons. The Kier molecular flexibility index (Phi) is 6.12. The van der Waals surface area contributed by atoms with E-state index in [1.165, 1.54) is 0 Å². The topological polar surface area (TPSA) is 53.0 Å². The van der Waals surface area contributed by atoms with Crippen LogP contribution in [0.4, 0.5) is 5.69 Å². The summed E-state index contributed by atoms with van der Waals surface area (Å²) in [7, 11) is 0. The van der Waals surface area contributed by atoms with E-state index in [4.69, 9.17) is 0 Å². The van der Waals surface area contributed by atoms with E-state index in [0.29, 0.717) is 17.8 Å². The van der Waals surface area contributed by atoms with Crippen molar-refractivity contribution in [2.75, 3.05) is 19.6 Å². The van der Waals surface area contributed by atoms with Gasteiger partial charge in [-0.15, -0.1) is 0 Å². The summed E-state index contributed by atoms with van der Waals surface area (Å²) in [5.74, 6) is -0.232. The number of carbonyl (C=O) groups is 2. The van der Waals surface area contributed by atoms with Crippen LogP contribution in [0, 0.1) is 0 Å². The number of fused-ring (bicyclic) bond motifs is 1. The zero-order valence-electron chi connectivity index (χ0n) is 17.8. The Hall–Kier alpha value is -3.47. The molecule has 1 unspecified atom stereocenters. The van der Waals surface area contributed by atoms with Gasteiger partial charge >= 0.3 is 0 Å². The van der Waals surface area contributed by atoms with Crippen LogP contribution in [0.5, 0.6) is 0 Å². The minimum Gasteiger partial charge on any atom is -0.341 e. The second kappa shape index (κ2) is 9.13. The fourth-order valence-corrected chi connectivity index (χ4v) is 4.33. The SMILES string of the molecule is C=Nc1cc2ccccc2cc1C(=O)N(CC)C(C(=O)N1CCCC1)c1ccccc1. The van der Waals surface area contributed by atoms with E-state index >= 15 is 0 Å². The average molecular weight is 414 g/mol. The lowest BCUT2D eigenvalue weighted by Gasteiger charge is -2.33. The highest BCUT2D eigenvalue weighted by Crippen LogP contribution is 2.31. The molecule has 1 heterocycles. The van der Waals surface area contributed by atoms with Crippen molar-refractivity contribution in [3.8, 4) is 0 Å². The molecular formula is C26H27N3O2. The maximum atomic E-state index is 13.8. The lowest BCUT2D eigenvalue weighted by molar-refractivity contribution is -0.135. The first-order chi connectivity index (χ1) is 15.1. The standard InChI is InChI=1S/C26H27N3O2/c1-3-29(24(19-11-5-4-6-12-19)26(31)28-15-9-10-16-28)25(30)22-17-20-13-7-8-14-21(20)18-23(22)27-2/h4-8,11-14,17-18,24H,2-3,9-10,15-16H2,1H3. The van der Waals surface area contributed by atoms with Gasteiger partial charge in [0.25, 0.3) is 5.91 Å². The largest absolute Gasteiger partial charge is 0.341 e. The molecule has 1 aliphatic heterocycles. The van der Waals surface area contributed by atoms with Crippen LogP contribution >= 0.6 is 0 Å². The predicted octanol–water partition coefficient (Wildman–Crippen LogP) is 5.00. The molecule has 0 saturated carbocycles. The molecule has 0 radical (unpaired) electrons. The number of likely N-dealkylation sites (N-methyl/N-ethyl adjacent to an activating group) is 1. The predicted molar refractivity (Wildman–Crippen MR) is 125 cm³/mol. The molecule has 1 fully saturated rings. The first-order valence-corrected chi connectivity index (χ1v) is 10.8. The van der Waals surface area contributed by atoms with Gasteiger partial charge < -0.3 is 9.80 Å². The van der Waals surface area contributed by atoms with Gasteiger partial charge in [0.15, 0.2) is 0 Å². The van der Waals surface area contributed by atoms with Crippen molar-refractivity contribution in [1.29, 1.82) is 0 Å². The Morgan fingerprint density at radius 3 is 2.23 bits per heavy atom. The summed E-state index contributed by atoms with van der Waals surface area (Å²) in [5, 5.41) is 1.95. The van der Waals surface area contributed by atoms with Crippen molar-refractivity contribution >= 4 is 35.0 Å². The van der Waals surface area contributed by atoms with E-state index < -0.39 is 6.04 Å². The van der Waals surface area contributed by atoms with E-state index in [2.05, 4.69) is 11.7 Å². The van der Waals surface area contributed by atoms with Gasteiger partial charge in [0.05, 0.1) is 11.3 Å². The van der Waals surface area contributed by atoms with Gasteiger partial charge in [-0.3, -0.25) is 14.6 Å². The Morgan fingerprint density at radius 2 is 1.61 bits per heavy atom. The summed E-state index contributed by atoms with van der Waals surface area (Å²) < 4.78 is 0.